The number of anilines is 1. The summed E-state index contributed by atoms with van der Waals surface area (Å²) in [5.74, 6) is 0.789. The number of aryl methyl sites for hydroxylation is 1. The fourth-order valence-electron chi connectivity index (χ4n) is 2.85. The van der Waals surface area contributed by atoms with Crippen molar-refractivity contribution in [1.29, 1.82) is 5.26 Å². The van der Waals surface area contributed by atoms with Crippen LogP contribution in [0.25, 0.3) is 27.8 Å². The fraction of sp³-hybridized carbons (Fsp3) is 0.111. The minimum absolute atomic E-state index is 0.533. The van der Waals surface area contributed by atoms with Crippen LogP contribution >= 0.6 is 0 Å². The van der Waals surface area contributed by atoms with E-state index in [0.29, 0.717) is 5.56 Å². The second kappa shape index (κ2) is 5.76. The van der Waals surface area contributed by atoms with E-state index in [9.17, 15) is 5.26 Å². The fourth-order valence-corrected chi connectivity index (χ4v) is 2.85. The zero-order valence-corrected chi connectivity index (χ0v) is 13.8. The van der Waals surface area contributed by atoms with Gasteiger partial charge in [0.15, 0.2) is 0 Å². The highest BCUT2D eigenvalue weighted by Gasteiger charge is 2.14. The summed E-state index contributed by atoms with van der Waals surface area (Å²) >= 11 is 0. The van der Waals surface area contributed by atoms with E-state index in [0.717, 1.165) is 33.6 Å². The van der Waals surface area contributed by atoms with Gasteiger partial charge in [-0.15, -0.1) is 0 Å². The van der Waals surface area contributed by atoms with Crippen LogP contribution in [0.4, 0.5) is 5.82 Å². The third-order valence-electron chi connectivity index (χ3n) is 4.10. The number of pyridine rings is 2. The van der Waals surface area contributed by atoms with Crippen LogP contribution < -0.4 is 5.32 Å². The van der Waals surface area contributed by atoms with Gasteiger partial charge in [0.2, 0.25) is 0 Å². The van der Waals surface area contributed by atoms with Crippen molar-refractivity contribution in [2.24, 2.45) is 7.05 Å². The van der Waals surface area contributed by atoms with Crippen molar-refractivity contribution in [2.75, 3.05) is 12.4 Å². The van der Waals surface area contributed by atoms with Gasteiger partial charge in [0.05, 0.1) is 23.5 Å². The first-order valence-electron chi connectivity index (χ1n) is 7.74. The summed E-state index contributed by atoms with van der Waals surface area (Å²) in [6.45, 7) is 0. The molecule has 1 N–H and O–H groups in total. The molecule has 0 aliphatic rings. The molecule has 4 aromatic rings. The van der Waals surface area contributed by atoms with Crippen LogP contribution in [0.15, 0.2) is 49.2 Å². The predicted molar refractivity (Wildman–Crippen MR) is 94.9 cm³/mol. The van der Waals surface area contributed by atoms with Crippen LogP contribution in [-0.2, 0) is 7.05 Å². The number of nitriles is 1. The number of nitrogens with zero attached hydrogens (tertiary/aromatic N) is 6. The Balaban J connectivity index is 1.98. The molecule has 122 valence electrons. The first kappa shape index (κ1) is 14.9. The molecule has 0 atom stereocenters. The molecular weight excluding hydrogens is 314 g/mol. The number of rotatable bonds is 3. The average molecular weight is 329 g/mol. The Morgan fingerprint density at radius 2 is 1.92 bits per heavy atom. The zero-order valence-electron chi connectivity index (χ0n) is 13.8. The summed E-state index contributed by atoms with van der Waals surface area (Å²) in [5, 5.41) is 21.0. The van der Waals surface area contributed by atoms with E-state index in [4.69, 9.17) is 0 Å². The van der Waals surface area contributed by atoms with Gasteiger partial charge >= 0.3 is 0 Å². The molecule has 25 heavy (non-hydrogen) atoms. The molecule has 0 saturated carbocycles. The third kappa shape index (κ3) is 2.50. The molecule has 0 bridgehead atoms. The van der Waals surface area contributed by atoms with Crippen LogP contribution in [0.3, 0.4) is 0 Å². The molecule has 4 aromatic heterocycles. The Kier molecular flexibility index (Phi) is 3.43. The zero-order chi connectivity index (χ0) is 17.4. The van der Waals surface area contributed by atoms with Crippen LogP contribution in [0, 0.1) is 11.3 Å². The normalized spacial score (nSPS) is 10.8. The summed E-state index contributed by atoms with van der Waals surface area (Å²) in [7, 11) is 3.71. The highest BCUT2D eigenvalue weighted by atomic mass is 15.2. The topological polar surface area (TPSA) is 83.8 Å². The molecule has 0 aliphatic heterocycles. The molecule has 0 radical (unpaired) electrons. The lowest BCUT2D eigenvalue weighted by Gasteiger charge is -2.09. The van der Waals surface area contributed by atoms with Gasteiger partial charge in [-0.3, -0.25) is 4.68 Å². The Labute approximate surface area is 144 Å². The lowest BCUT2D eigenvalue weighted by atomic mass is 10.0. The molecule has 0 saturated heterocycles. The standard InChI is InChI=1S/C18H15N7/c1-20-17-4-3-12(7-21-17)16-5-13(15-9-22-24(2)10-15)11-25-18(16)14(6-19)8-23-25/h3-5,7-11H,1-2H3,(H,20,21). The smallest absolute Gasteiger partial charge is 0.125 e. The molecular formula is C18H15N7. The van der Waals surface area contributed by atoms with Gasteiger partial charge < -0.3 is 5.32 Å². The number of nitrogens with one attached hydrogen (secondary N) is 1. The summed E-state index contributed by atoms with van der Waals surface area (Å²) < 4.78 is 3.49. The monoisotopic (exact) mass is 329 g/mol. The van der Waals surface area contributed by atoms with Crippen molar-refractivity contribution in [3.8, 4) is 28.3 Å². The van der Waals surface area contributed by atoms with E-state index < -0.39 is 0 Å². The highest BCUT2D eigenvalue weighted by molar-refractivity contribution is 5.87. The number of hydrogen-bond donors (Lipinski definition) is 1. The Morgan fingerprint density at radius 1 is 1.04 bits per heavy atom. The second-order valence-corrected chi connectivity index (χ2v) is 5.69. The molecule has 7 nitrogen and oxygen atoms in total. The number of aromatic nitrogens is 5. The first-order valence-corrected chi connectivity index (χ1v) is 7.74. The lowest BCUT2D eigenvalue weighted by Crippen LogP contribution is -1.95. The SMILES string of the molecule is CNc1ccc(-c2cc(-c3cnn(C)c3)cn3ncc(C#N)c23)cn1. The molecule has 0 aromatic carbocycles. The Hall–Kier alpha value is -3.66. The minimum atomic E-state index is 0.533. The van der Waals surface area contributed by atoms with E-state index in [1.807, 2.05) is 50.9 Å². The molecule has 4 rings (SSSR count). The molecule has 0 aliphatic carbocycles. The predicted octanol–water partition coefficient (Wildman–Crippen LogP) is 2.71. The maximum atomic E-state index is 9.43. The van der Waals surface area contributed by atoms with Crippen molar-refractivity contribution in [1.82, 2.24) is 24.4 Å². The van der Waals surface area contributed by atoms with Gasteiger partial charge in [0.1, 0.15) is 11.9 Å². The summed E-state index contributed by atoms with van der Waals surface area (Å²) in [6.07, 6.45) is 9.04. The number of hydrogen-bond acceptors (Lipinski definition) is 5. The second-order valence-electron chi connectivity index (χ2n) is 5.69. The van der Waals surface area contributed by atoms with Gasteiger partial charge in [0, 0.05) is 54.9 Å². The van der Waals surface area contributed by atoms with Gasteiger partial charge in [-0.2, -0.15) is 15.5 Å². The van der Waals surface area contributed by atoms with Crippen LogP contribution in [0.2, 0.25) is 0 Å². The molecule has 7 heteroatoms. The molecule has 0 spiro atoms. The number of fused-ring (bicyclic) bond motifs is 1. The first-order chi connectivity index (χ1) is 12.2. The van der Waals surface area contributed by atoms with Crippen molar-refractivity contribution in [2.45, 2.75) is 0 Å². The highest BCUT2D eigenvalue weighted by Crippen LogP contribution is 2.31. The minimum Gasteiger partial charge on any atom is -0.373 e. The summed E-state index contributed by atoms with van der Waals surface area (Å²) in [6, 6.07) is 8.15. The van der Waals surface area contributed by atoms with Gasteiger partial charge in [-0.05, 0) is 18.2 Å². The summed E-state index contributed by atoms with van der Waals surface area (Å²) in [5.41, 5.74) is 5.09. The average Bonchev–Trinajstić information content (AvgIpc) is 3.27. The van der Waals surface area contributed by atoms with Crippen molar-refractivity contribution < 1.29 is 0 Å². The molecule has 4 heterocycles. The van der Waals surface area contributed by atoms with Gasteiger partial charge in [0.25, 0.3) is 0 Å². The molecule has 0 amide bonds. The third-order valence-corrected chi connectivity index (χ3v) is 4.10. The van der Waals surface area contributed by atoms with E-state index in [1.54, 1.807) is 21.6 Å². The Bertz CT molecular complexity index is 1100. The largest absolute Gasteiger partial charge is 0.373 e. The lowest BCUT2D eigenvalue weighted by molar-refractivity contribution is 0.768. The van der Waals surface area contributed by atoms with Gasteiger partial charge in [-0.25, -0.2) is 9.50 Å². The summed E-state index contributed by atoms with van der Waals surface area (Å²) in [4.78, 5) is 4.39. The molecule has 0 fully saturated rings. The quantitative estimate of drug-likeness (QED) is 0.625. The van der Waals surface area contributed by atoms with Gasteiger partial charge in [-0.1, -0.05) is 0 Å². The van der Waals surface area contributed by atoms with Crippen molar-refractivity contribution >= 4 is 11.3 Å². The van der Waals surface area contributed by atoms with E-state index in [2.05, 4.69) is 26.6 Å². The molecule has 0 unspecified atom stereocenters. The van der Waals surface area contributed by atoms with Crippen LogP contribution in [-0.4, -0.2) is 31.4 Å². The Morgan fingerprint density at radius 3 is 2.56 bits per heavy atom. The van der Waals surface area contributed by atoms with Crippen LogP contribution in [0.1, 0.15) is 5.56 Å². The van der Waals surface area contributed by atoms with Crippen molar-refractivity contribution in [3.63, 3.8) is 0 Å². The maximum absolute atomic E-state index is 9.43. The van der Waals surface area contributed by atoms with Crippen molar-refractivity contribution in [3.05, 3.63) is 54.7 Å². The van der Waals surface area contributed by atoms with Crippen LogP contribution in [0.5, 0.6) is 0 Å². The van der Waals surface area contributed by atoms with E-state index in [1.165, 1.54) is 0 Å². The maximum Gasteiger partial charge on any atom is 0.125 e. The van der Waals surface area contributed by atoms with E-state index in [-0.39, 0.29) is 0 Å². The van der Waals surface area contributed by atoms with E-state index >= 15 is 0 Å².